The summed E-state index contributed by atoms with van der Waals surface area (Å²) in [7, 11) is 0. The van der Waals surface area contributed by atoms with Gasteiger partial charge in [0.1, 0.15) is 5.54 Å². The fraction of sp³-hybridized carbons (Fsp3) is 0.235. The molecule has 0 aliphatic heterocycles. The first kappa shape index (κ1) is 17.7. The number of anilines is 1. The van der Waals surface area contributed by atoms with Crippen molar-refractivity contribution in [2.75, 3.05) is 5.32 Å². The summed E-state index contributed by atoms with van der Waals surface area (Å²) in [4.78, 5) is 12.6. The second kappa shape index (κ2) is 7.01. The van der Waals surface area contributed by atoms with Gasteiger partial charge in [0.2, 0.25) is 0 Å². The fourth-order valence-corrected chi connectivity index (χ4v) is 2.69. The minimum absolute atomic E-state index is 0.199. The number of amides is 1. The molecule has 8 heteroatoms. The van der Waals surface area contributed by atoms with Crippen molar-refractivity contribution < 1.29 is 4.79 Å². The molecule has 1 aromatic carbocycles. The number of nitrogens with one attached hydrogen (secondary N) is 1. The smallest absolute Gasteiger partial charge is 0.251 e. The number of carbonyl (C=O) groups excluding carboxylic acids is 1. The second-order valence-corrected chi connectivity index (χ2v) is 7.52. The molecule has 0 bridgehead atoms. The monoisotopic (exact) mass is 421 g/mol. The van der Waals surface area contributed by atoms with Crippen LogP contribution in [0.15, 0.2) is 53.5 Å². The molecule has 2 heterocycles. The quantitative estimate of drug-likeness (QED) is 0.678. The summed E-state index contributed by atoms with van der Waals surface area (Å²) in [5.41, 5.74) is 0.880. The topological polar surface area (TPSA) is 64.7 Å². The van der Waals surface area contributed by atoms with Gasteiger partial charge in [-0.2, -0.15) is 10.2 Å². The maximum absolute atomic E-state index is 12.6. The van der Waals surface area contributed by atoms with Crippen LogP contribution in [0.25, 0.3) is 0 Å². The van der Waals surface area contributed by atoms with E-state index >= 15 is 0 Å². The van der Waals surface area contributed by atoms with Gasteiger partial charge in [-0.25, -0.2) is 0 Å². The molecule has 6 nitrogen and oxygen atoms in total. The van der Waals surface area contributed by atoms with Crippen LogP contribution in [0.2, 0.25) is 5.02 Å². The van der Waals surface area contributed by atoms with Gasteiger partial charge in [-0.05, 0) is 31.5 Å². The number of aromatic nitrogens is 4. The third-order valence-electron chi connectivity index (χ3n) is 3.83. The largest absolute Gasteiger partial charge is 0.321 e. The minimum atomic E-state index is -0.874. The Kier molecular flexibility index (Phi) is 4.96. The second-order valence-electron chi connectivity index (χ2n) is 6.17. The Morgan fingerprint density at radius 3 is 2.56 bits per heavy atom. The Labute approximate surface area is 158 Å². The van der Waals surface area contributed by atoms with Gasteiger partial charge in [0.05, 0.1) is 29.6 Å². The predicted molar refractivity (Wildman–Crippen MR) is 101 cm³/mol. The third-order valence-corrected chi connectivity index (χ3v) is 4.55. The zero-order valence-corrected chi connectivity index (χ0v) is 16.1. The molecule has 3 aromatic rings. The molecule has 0 radical (unpaired) electrons. The highest BCUT2D eigenvalue weighted by Gasteiger charge is 2.31. The van der Waals surface area contributed by atoms with E-state index in [1.807, 2.05) is 24.3 Å². The summed E-state index contributed by atoms with van der Waals surface area (Å²) in [6.07, 6.45) is 6.56. The molecule has 1 N–H and O–H groups in total. The van der Waals surface area contributed by atoms with Gasteiger partial charge in [-0.1, -0.05) is 39.7 Å². The first-order chi connectivity index (χ1) is 11.8. The molecule has 3 rings (SSSR count). The van der Waals surface area contributed by atoms with Crippen LogP contribution in [0.1, 0.15) is 19.4 Å². The van der Waals surface area contributed by atoms with Crippen molar-refractivity contribution in [1.29, 1.82) is 0 Å². The van der Waals surface area contributed by atoms with E-state index in [1.54, 1.807) is 37.1 Å². The van der Waals surface area contributed by atoms with Crippen LogP contribution in [-0.4, -0.2) is 25.5 Å². The summed E-state index contributed by atoms with van der Waals surface area (Å²) in [5.74, 6) is -0.199. The lowest BCUT2D eigenvalue weighted by Crippen LogP contribution is -2.40. The van der Waals surface area contributed by atoms with E-state index in [1.165, 1.54) is 10.9 Å². The van der Waals surface area contributed by atoms with Crippen LogP contribution < -0.4 is 5.32 Å². The van der Waals surface area contributed by atoms with Crippen LogP contribution in [0.3, 0.4) is 0 Å². The standard InChI is InChI=1S/C17H17BrClN5O/c1-17(2,24-10-14(19)7-21-24)16(25)22-15-8-20-23(11-15)9-12-3-5-13(18)6-4-12/h3-8,10-11H,9H2,1-2H3,(H,22,25). The Hall–Kier alpha value is -2.12. The van der Waals surface area contributed by atoms with Crippen molar-refractivity contribution in [3.63, 3.8) is 0 Å². The Morgan fingerprint density at radius 2 is 1.92 bits per heavy atom. The van der Waals surface area contributed by atoms with Crippen LogP contribution in [-0.2, 0) is 16.9 Å². The minimum Gasteiger partial charge on any atom is -0.321 e. The Bertz CT molecular complexity index is 885. The SMILES string of the molecule is CC(C)(C(=O)Nc1cnn(Cc2ccc(Br)cc2)c1)n1cc(Cl)cn1. The molecule has 0 saturated heterocycles. The number of hydrogen-bond donors (Lipinski definition) is 1. The van der Waals surface area contributed by atoms with Gasteiger partial charge < -0.3 is 5.32 Å². The van der Waals surface area contributed by atoms with E-state index in [4.69, 9.17) is 11.6 Å². The van der Waals surface area contributed by atoms with E-state index in [0.29, 0.717) is 17.3 Å². The van der Waals surface area contributed by atoms with Crippen molar-refractivity contribution in [3.05, 3.63) is 64.1 Å². The molecule has 1 amide bonds. The number of rotatable bonds is 5. The van der Waals surface area contributed by atoms with Crippen molar-refractivity contribution >= 4 is 39.1 Å². The number of nitrogens with zero attached hydrogens (tertiary/aromatic N) is 4. The highest BCUT2D eigenvalue weighted by atomic mass is 79.9. The number of benzene rings is 1. The number of halogens is 2. The zero-order valence-electron chi connectivity index (χ0n) is 13.8. The van der Waals surface area contributed by atoms with Gasteiger partial charge in [-0.15, -0.1) is 0 Å². The van der Waals surface area contributed by atoms with E-state index in [2.05, 4.69) is 31.4 Å². The maximum atomic E-state index is 12.6. The van der Waals surface area contributed by atoms with Crippen molar-refractivity contribution in [1.82, 2.24) is 19.6 Å². The maximum Gasteiger partial charge on any atom is 0.251 e. The summed E-state index contributed by atoms with van der Waals surface area (Å²) in [6, 6.07) is 8.02. The molecule has 0 fully saturated rings. The average Bonchev–Trinajstić information content (AvgIpc) is 3.19. The lowest BCUT2D eigenvalue weighted by atomic mass is 10.1. The van der Waals surface area contributed by atoms with Gasteiger partial charge in [0.25, 0.3) is 5.91 Å². The zero-order chi connectivity index (χ0) is 18.0. The number of hydrogen-bond acceptors (Lipinski definition) is 3. The fourth-order valence-electron chi connectivity index (χ4n) is 2.29. The molecular weight excluding hydrogens is 406 g/mol. The van der Waals surface area contributed by atoms with Crippen LogP contribution in [0.4, 0.5) is 5.69 Å². The molecule has 0 unspecified atom stereocenters. The van der Waals surface area contributed by atoms with Crippen molar-refractivity contribution in [3.8, 4) is 0 Å². The lowest BCUT2D eigenvalue weighted by molar-refractivity contribution is -0.123. The molecular formula is C17H17BrClN5O. The van der Waals surface area contributed by atoms with E-state index in [-0.39, 0.29) is 5.91 Å². The van der Waals surface area contributed by atoms with Crippen molar-refractivity contribution in [2.45, 2.75) is 25.9 Å². The molecule has 0 aliphatic rings. The van der Waals surface area contributed by atoms with E-state index < -0.39 is 5.54 Å². The molecule has 0 spiro atoms. The summed E-state index contributed by atoms with van der Waals surface area (Å²) >= 11 is 9.31. The van der Waals surface area contributed by atoms with E-state index in [0.717, 1.165) is 10.0 Å². The van der Waals surface area contributed by atoms with Crippen molar-refractivity contribution in [2.24, 2.45) is 0 Å². The van der Waals surface area contributed by atoms with Gasteiger partial charge in [0.15, 0.2) is 0 Å². The molecule has 2 aromatic heterocycles. The van der Waals surface area contributed by atoms with Crippen LogP contribution in [0, 0.1) is 0 Å². The van der Waals surface area contributed by atoms with Gasteiger partial charge in [-0.3, -0.25) is 14.2 Å². The average molecular weight is 423 g/mol. The predicted octanol–water partition coefficient (Wildman–Crippen LogP) is 3.92. The number of carbonyl (C=O) groups is 1. The van der Waals surface area contributed by atoms with Crippen LogP contribution >= 0.6 is 27.5 Å². The Morgan fingerprint density at radius 1 is 1.20 bits per heavy atom. The molecule has 0 aliphatic carbocycles. The van der Waals surface area contributed by atoms with Gasteiger partial charge in [0, 0.05) is 16.9 Å². The Balaban J connectivity index is 1.68. The molecule has 0 saturated carbocycles. The molecule has 130 valence electrons. The third kappa shape index (κ3) is 4.11. The van der Waals surface area contributed by atoms with Crippen LogP contribution in [0.5, 0.6) is 0 Å². The van der Waals surface area contributed by atoms with E-state index in [9.17, 15) is 4.79 Å². The normalized spacial score (nSPS) is 11.5. The first-order valence-electron chi connectivity index (χ1n) is 7.63. The molecule has 0 atom stereocenters. The summed E-state index contributed by atoms with van der Waals surface area (Å²) in [6.45, 7) is 4.18. The summed E-state index contributed by atoms with van der Waals surface area (Å²) in [5, 5.41) is 11.8. The highest BCUT2D eigenvalue weighted by molar-refractivity contribution is 9.10. The lowest BCUT2D eigenvalue weighted by Gasteiger charge is -2.23. The highest BCUT2D eigenvalue weighted by Crippen LogP contribution is 2.20. The van der Waals surface area contributed by atoms with Gasteiger partial charge >= 0.3 is 0 Å². The first-order valence-corrected chi connectivity index (χ1v) is 8.81. The molecule has 25 heavy (non-hydrogen) atoms. The summed E-state index contributed by atoms with van der Waals surface area (Å²) < 4.78 is 4.35.